The molecular formula is C17H23FN2O2S. The van der Waals surface area contributed by atoms with Crippen molar-refractivity contribution in [2.75, 3.05) is 33.4 Å². The lowest BCUT2D eigenvalue weighted by Gasteiger charge is -2.33. The number of nitrogens with one attached hydrogen (secondary N) is 1. The highest BCUT2D eigenvalue weighted by Crippen LogP contribution is 2.22. The first kappa shape index (κ1) is 17.8. The zero-order valence-corrected chi connectivity index (χ0v) is 14.2. The number of ether oxygens (including phenoxy) is 1. The molecule has 0 radical (unpaired) electrons. The molecule has 0 aliphatic carbocycles. The number of carbonyl (C=O) groups excluding carboxylic acids is 1. The van der Waals surface area contributed by atoms with E-state index in [4.69, 9.17) is 17.0 Å². The summed E-state index contributed by atoms with van der Waals surface area (Å²) in [4.78, 5) is 14.5. The number of halogens is 1. The van der Waals surface area contributed by atoms with Gasteiger partial charge in [0, 0.05) is 44.8 Å². The van der Waals surface area contributed by atoms with E-state index in [0.29, 0.717) is 12.2 Å². The maximum atomic E-state index is 12.9. The summed E-state index contributed by atoms with van der Waals surface area (Å²) < 4.78 is 17.9. The minimum absolute atomic E-state index is 0.00648. The fraction of sp³-hybridized carbons (Fsp3) is 0.529. The van der Waals surface area contributed by atoms with Crippen LogP contribution in [0.4, 0.5) is 4.39 Å². The number of thiocarbonyl (C=S) groups is 1. The lowest BCUT2D eigenvalue weighted by atomic mass is 9.89. The number of benzene rings is 1. The Balaban J connectivity index is 1.78. The normalized spacial score (nSPS) is 15.5. The summed E-state index contributed by atoms with van der Waals surface area (Å²) in [5.41, 5.74) is 0.588. The van der Waals surface area contributed by atoms with E-state index in [1.165, 1.54) is 12.1 Å². The lowest BCUT2D eigenvalue weighted by molar-refractivity contribution is 0.0872. The number of piperidine rings is 1. The first-order valence-corrected chi connectivity index (χ1v) is 8.34. The fourth-order valence-electron chi connectivity index (χ4n) is 2.72. The molecule has 1 aromatic rings. The summed E-state index contributed by atoms with van der Waals surface area (Å²) in [6.07, 6.45) is 2.46. The largest absolute Gasteiger partial charge is 0.385 e. The Kier molecular flexibility index (Phi) is 6.92. The van der Waals surface area contributed by atoms with Gasteiger partial charge in [-0.25, -0.2) is 4.39 Å². The Hall–Kier alpha value is -1.53. The van der Waals surface area contributed by atoms with E-state index in [1.54, 1.807) is 19.2 Å². The van der Waals surface area contributed by atoms with Crippen molar-refractivity contribution in [3.8, 4) is 0 Å². The van der Waals surface area contributed by atoms with Gasteiger partial charge in [0.15, 0.2) is 10.9 Å². The van der Waals surface area contributed by atoms with Gasteiger partial charge in [-0.2, -0.15) is 0 Å². The molecule has 0 amide bonds. The summed E-state index contributed by atoms with van der Waals surface area (Å²) in [7, 11) is 1.68. The van der Waals surface area contributed by atoms with E-state index >= 15 is 0 Å². The molecule has 1 heterocycles. The van der Waals surface area contributed by atoms with Crippen LogP contribution in [0.25, 0.3) is 0 Å². The number of methoxy groups -OCH3 is 1. The lowest BCUT2D eigenvalue weighted by Crippen LogP contribution is -2.45. The van der Waals surface area contributed by atoms with E-state index in [1.807, 2.05) is 0 Å². The van der Waals surface area contributed by atoms with E-state index in [0.717, 1.165) is 44.0 Å². The van der Waals surface area contributed by atoms with Crippen molar-refractivity contribution >= 4 is 23.1 Å². The third-order valence-corrected chi connectivity index (χ3v) is 4.49. The maximum absolute atomic E-state index is 12.9. The molecule has 6 heteroatoms. The first-order valence-electron chi connectivity index (χ1n) is 7.93. The molecule has 1 aliphatic rings. The van der Waals surface area contributed by atoms with Crippen LogP contribution in [0.1, 0.15) is 29.6 Å². The van der Waals surface area contributed by atoms with Crippen LogP contribution >= 0.6 is 12.2 Å². The maximum Gasteiger partial charge on any atom is 0.168 e. The molecule has 0 saturated carbocycles. The van der Waals surface area contributed by atoms with Crippen LogP contribution in [0.15, 0.2) is 24.3 Å². The molecule has 1 aromatic carbocycles. The summed E-state index contributed by atoms with van der Waals surface area (Å²) in [5, 5.41) is 3.96. The number of hydrogen-bond donors (Lipinski definition) is 1. The molecule has 1 fully saturated rings. The molecule has 126 valence electrons. The minimum atomic E-state index is -0.318. The predicted octanol–water partition coefficient (Wildman–Crippen LogP) is 2.63. The third-order valence-electron chi connectivity index (χ3n) is 4.08. The molecule has 0 aromatic heterocycles. The van der Waals surface area contributed by atoms with E-state index in [2.05, 4.69) is 10.2 Å². The molecule has 1 aliphatic heterocycles. The predicted molar refractivity (Wildman–Crippen MR) is 92.1 cm³/mol. The molecule has 0 unspecified atom stereocenters. The zero-order valence-electron chi connectivity index (χ0n) is 13.4. The second-order valence-electron chi connectivity index (χ2n) is 5.71. The summed E-state index contributed by atoms with van der Waals surface area (Å²) in [6.45, 7) is 3.05. The van der Waals surface area contributed by atoms with Gasteiger partial charge in [-0.3, -0.25) is 4.79 Å². The summed E-state index contributed by atoms with van der Waals surface area (Å²) in [5.74, 6) is -0.224. The van der Waals surface area contributed by atoms with Crippen LogP contribution in [0.5, 0.6) is 0 Å². The van der Waals surface area contributed by atoms with Gasteiger partial charge in [0.25, 0.3) is 0 Å². The van der Waals surface area contributed by atoms with E-state index in [9.17, 15) is 9.18 Å². The molecule has 23 heavy (non-hydrogen) atoms. The van der Waals surface area contributed by atoms with Crippen molar-refractivity contribution in [3.63, 3.8) is 0 Å². The molecule has 4 nitrogen and oxygen atoms in total. The monoisotopic (exact) mass is 338 g/mol. The number of ketones is 1. The molecule has 1 saturated heterocycles. The first-order chi connectivity index (χ1) is 11.1. The zero-order chi connectivity index (χ0) is 16.7. The SMILES string of the molecule is COCCCNC(=S)N1CCC(C(=O)c2ccc(F)cc2)CC1. The Morgan fingerprint density at radius 1 is 1.35 bits per heavy atom. The van der Waals surface area contributed by atoms with Crippen LogP contribution in [0.2, 0.25) is 0 Å². The highest BCUT2D eigenvalue weighted by Gasteiger charge is 2.26. The van der Waals surface area contributed by atoms with Crippen LogP contribution in [0.3, 0.4) is 0 Å². The average molecular weight is 338 g/mol. The number of carbonyl (C=O) groups is 1. The van der Waals surface area contributed by atoms with Crippen molar-refractivity contribution < 1.29 is 13.9 Å². The van der Waals surface area contributed by atoms with Gasteiger partial charge in [0.2, 0.25) is 0 Å². The molecule has 1 N–H and O–H groups in total. The fourth-order valence-corrected chi connectivity index (χ4v) is 3.00. The van der Waals surface area contributed by atoms with Gasteiger partial charge < -0.3 is 15.0 Å². The Morgan fingerprint density at radius 2 is 2.00 bits per heavy atom. The molecule has 2 rings (SSSR count). The molecule has 0 bridgehead atoms. The Labute approximate surface area is 142 Å². The number of nitrogens with zero attached hydrogens (tertiary/aromatic N) is 1. The second-order valence-corrected chi connectivity index (χ2v) is 6.10. The highest BCUT2D eigenvalue weighted by atomic mass is 32.1. The van der Waals surface area contributed by atoms with Crippen molar-refractivity contribution in [1.82, 2.24) is 10.2 Å². The molecule has 0 atom stereocenters. The van der Waals surface area contributed by atoms with Crippen LogP contribution in [-0.2, 0) is 4.74 Å². The quantitative estimate of drug-likeness (QED) is 0.491. The van der Waals surface area contributed by atoms with E-state index in [-0.39, 0.29) is 17.5 Å². The van der Waals surface area contributed by atoms with Gasteiger partial charge in [0.05, 0.1) is 0 Å². The third kappa shape index (κ3) is 5.25. The Bertz CT molecular complexity index is 528. The van der Waals surface area contributed by atoms with E-state index < -0.39 is 0 Å². The summed E-state index contributed by atoms with van der Waals surface area (Å²) >= 11 is 5.38. The van der Waals surface area contributed by atoms with Crippen LogP contribution < -0.4 is 5.32 Å². The highest BCUT2D eigenvalue weighted by molar-refractivity contribution is 7.80. The van der Waals surface area contributed by atoms with Gasteiger partial charge in [-0.15, -0.1) is 0 Å². The summed E-state index contributed by atoms with van der Waals surface area (Å²) in [6, 6.07) is 5.79. The van der Waals surface area contributed by atoms with Crippen molar-refractivity contribution in [2.24, 2.45) is 5.92 Å². The van der Waals surface area contributed by atoms with Crippen molar-refractivity contribution in [3.05, 3.63) is 35.6 Å². The van der Waals surface area contributed by atoms with Crippen LogP contribution in [0, 0.1) is 11.7 Å². The Morgan fingerprint density at radius 3 is 2.61 bits per heavy atom. The number of hydrogen-bond acceptors (Lipinski definition) is 3. The van der Waals surface area contributed by atoms with Crippen molar-refractivity contribution in [2.45, 2.75) is 19.3 Å². The topological polar surface area (TPSA) is 41.6 Å². The van der Waals surface area contributed by atoms with Crippen LogP contribution in [-0.4, -0.2) is 49.1 Å². The van der Waals surface area contributed by atoms with Gasteiger partial charge >= 0.3 is 0 Å². The smallest absolute Gasteiger partial charge is 0.168 e. The average Bonchev–Trinajstić information content (AvgIpc) is 2.59. The van der Waals surface area contributed by atoms with Gasteiger partial charge in [-0.05, 0) is 55.7 Å². The second kappa shape index (κ2) is 8.93. The molecule has 0 spiro atoms. The number of Topliss-reactive ketones (excluding diaryl/α,β-unsaturated/α-hetero) is 1. The minimum Gasteiger partial charge on any atom is -0.385 e. The number of likely N-dealkylation sites (tertiary alicyclic amines) is 1. The van der Waals surface area contributed by atoms with Gasteiger partial charge in [-0.1, -0.05) is 0 Å². The standard InChI is InChI=1S/C17H23FN2O2S/c1-22-12-2-9-19-17(23)20-10-7-14(8-11-20)16(21)13-3-5-15(18)6-4-13/h3-6,14H,2,7-12H2,1H3,(H,19,23). The number of rotatable bonds is 6. The molecular weight excluding hydrogens is 315 g/mol. The van der Waals surface area contributed by atoms with Crippen molar-refractivity contribution in [1.29, 1.82) is 0 Å². The van der Waals surface area contributed by atoms with Gasteiger partial charge in [0.1, 0.15) is 5.82 Å².